The second kappa shape index (κ2) is 10.00. The Bertz CT molecular complexity index is 403. The molecule has 0 aliphatic rings. The van der Waals surface area contributed by atoms with Gasteiger partial charge in [0.1, 0.15) is 12.1 Å². The lowest BCUT2D eigenvalue weighted by Crippen LogP contribution is -2.48. The Morgan fingerprint density at radius 3 is 2.24 bits per heavy atom. The molecule has 2 amide bonds. The van der Waals surface area contributed by atoms with Crippen molar-refractivity contribution in [2.24, 2.45) is 5.73 Å². The van der Waals surface area contributed by atoms with Gasteiger partial charge >= 0.3 is 11.9 Å². The molecule has 0 unspecified atom stereocenters. The van der Waals surface area contributed by atoms with Crippen LogP contribution in [0.5, 0.6) is 0 Å². The summed E-state index contributed by atoms with van der Waals surface area (Å²) >= 11 is 3.92. The largest absolute Gasteiger partial charge is 0.481 e. The van der Waals surface area contributed by atoms with Gasteiger partial charge < -0.3 is 26.6 Å². The van der Waals surface area contributed by atoms with Gasteiger partial charge in [0.2, 0.25) is 11.8 Å². The molecule has 0 aliphatic carbocycles. The van der Waals surface area contributed by atoms with Crippen LogP contribution in [0.4, 0.5) is 0 Å². The maximum atomic E-state index is 11.7. The number of aliphatic carboxylic acids is 2. The maximum Gasteiger partial charge on any atom is 0.320 e. The van der Waals surface area contributed by atoms with Crippen molar-refractivity contribution in [3.63, 3.8) is 0 Å². The highest BCUT2D eigenvalue weighted by Crippen LogP contribution is 1.97. The van der Waals surface area contributed by atoms with E-state index in [1.165, 1.54) is 0 Å². The number of nitrogens with two attached hydrogens (primary N) is 1. The number of nitrogens with one attached hydrogen (secondary N) is 2. The molecule has 0 rings (SSSR count). The maximum absolute atomic E-state index is 11.7. The third-order valence-electron chi connectivity index (χ3n) is 2.47. The van der Waals surface area contributed by atoms with Crippen molar-refractivity contribution < 1.29 is 29.4 Å². The normalized spacial score (nSPS) is 13.0. The standard InChI is InChI=1S/C11H19N3O6S/c12-6(11(19)20)1-2-8(15)14-7(5-21)10(18)13-4-3-9(16)17/h6-7,21H,1-5,12H2,(H,13,18)(H,14,15)(H,16,17)(H,19,20)/t6-,7-/m0/s1. The van der Waals surface area contributed by atoms with Crippen LogP contribution in [-0.4, -0.2) is 58.3 Å². The lowest BCUT2D eigenvalue weighted by Gasteiger charge is -2.16. The summed E-state index contributed by atoms with van der Waals surface area (Å²) in [4.78, 5) is 44.0. The number of carboxylic acids is 2. The topological polar surface area (TPSA) is 159 Å². The summed E-state index contributed by atoms with van der Waals surface area (Å²) < 4.78 is 0. The summed E-state index contributed by atoms with van der Waals surface area (Å²) in [6.07, 6.45) is -0.423. The summed E-state index contributed by atoms with van der Waals surface area (Å²) in [7, 11) is 0. The van der Waals surface area contributed by atoms with Crippen LogP contribution in [0, 0.1) is 0 Å². The van der Waals surface area contributed by atoms with Crippen molar-refractivity contribution in [3.8, 4) is 0 Å². The van der Waals surface area contributed by atoms with Crippen molar-refractivity contribution in [1.82, 2.24) is 10.6 Å². The predicted molar refractivity (Wildman–Crippen MR) is 75.9 cm³/mol. The van der Waals surface area contributed by atoms with E-state index in [-0.39, 0.29) is 31.6 Å². The number of carboxylic acid groups (broad SMARTS) is 2. The molecule has 10 heteroatoms. The molecule has 0 spiro atoms. The Kier molecular flexibility index (Phi) is 9.13. The molecule has 0 aromatic heterocycles. The first-order chi connectivity index (χ1) is 9.77. The fourth-order valence-electron chi connectivity index (χ4n) is 1.29. The Labute approximate surface area is 126 Å². The molecule has 0 bridgehead atoms. The highest BCUT2D eigenvalue weighted by molar-refractivity contribution is 7.80. The highest BCUT2D eigenvalue weighted by Gasteiger charge is 2.20. The number of hydrogen-bond donors (Lipinski definition) is 6. The Hall–Kier alpha value is -1.81. The van der Waals surface area contributed by atoms with Gasteiger partial charge in [0.05, 0.1) is 6.42 Å². The zero-order valence-corrected chi connectivity index (χ0v) is 12.1. The summed E-state index contributed by atoms with van der Waals surface area (Å²) in [5.41, 5.74) is 5.25. The third-order valence-corrected chi connectivity index (χ3v) is 2.84. The molecular formula is C11H19N3O6S. The number of carbonyl (C=O) groups excluding carboxylic acids is 2. The van der Waals surface area contributed by atoms with E-state index in [1.807, 2.05) is 0 Å². The molecule has 0 heterocycles. The molecule has 0 radical (unpaired) electrons. The first-order valence-electron chi connectivity index (χ1n) is 6.16. The van der Waals surface area contributed by atoms with Crippen LogP contribution < -0.4 is 16.4 Å². The van der Waals surface area contributed by atoms with Crippen molar-refractivity contribution in [1.29, 1.82) is 0 Å². The molecule has 0 saturated heterocycles. The highest BCUT2D eigenvalue weighted by atomic mass is 32.1. The molecule has 6 N–H and O–H groups in total. The zero-order chi connectivity index (χ0) is 16.4. The van der Waals surface area contributed by atoms with Gasteiger partial charge in [-0.1, -0.05) is 0 Å². The third kappa shape index (κ3) is 8.87. The van der Waals surface area contributed by atoms with Crippen molar-refractivity contribution >= 4 is 36.4 Å². The number of thiol groups is 1. The molecular weight excluding hydrogens is 302 g/mol. The van der Waals surface area contributed by atoms with Crippen LogP contribution in [0.2, 0.25) is 0 Å². The van der Waals surface area contributed by atoms with E-state index in [0.29, 0.717) is 0 Å². The molecule has 120 valence electrons. The van der Waals surface area contributed by atoms with E-state index in [4.69, 9.17) is 15.9 Å². The van der Waals surface area contributed by atoms with Crippen molar-refractivity contribution in [3.05, 3.63) is 0 Å². The van der Waals surface area contributed by atoms with E-state index in [0.717, 1.165) is 0 Å². The summed E-state index contributed by atoms with van der Waals surface area (Å²) in [6.45, 7) is -0.0573. The molecule has 0 aliphatic heterocycles. The van der Waals surface area contributed by atoms with Gasteiger partial charge in [-0.05, 0) is 6.42 Å². The number of carbonyl (C=O) groups is 4. The van der Waals surface area contributed by atoms with Crippen LogP contribution in [0.15, 0.2) is 0 Å². The first-order valence-corrected chi connectivity index (χ1v) is 6.79. The minimum atomic E-state index is -1.21. The van der Waals surface area contributed by atoms with Crippen LogP contribution >= 0.6 is 12.6 Å². The van der Waals surface area contributed by atoms with Crippen LogP contribution in [0.3, 0.4) is 0 Å². The van der Waals surface area contributed by atoms with Crippen LogP contribution in [0.25, 0.3) is 0 Å². The average molecular weight is 321 g/mol. The number of hydrogen-bond acceptors (Lipinski definition) is 6. The van der Waals surface area contributed by atoms with E-state index < -0.39 is 35.8 Å². The second-order valence-electron chi connectivity index (χ2n) is 4.22. The first kappa shape index (κ1) is 19.2. The lowest BCUT2D eigenvalue weighted by atomic mass is 10.1. The zero-order valence-electron chi connectivity index (χ0n) is 11.2. The minimum Gasteiger partial charge on any atom is -0.481 e. The Balaban J connectivity index is 4.17. The summed E-state index contributed by atoms with van der Waals surface area (Å²) in [5, 5.41) is 21.7. The quantitative estimate of drug-likeness (QED) is 0.258. The lowest BCUT2D eigenvalue weighted by molar-refractivity contribution is -0.139. The van der Waals surface area contributed by atoms with Gasteiger partial charge in [0.15, 0.2) is 0 Å². The van der Waals surface area contributed by atoms with Gasteiger partial charge in [0, 0.05) is 18.7 Å². The van der Waals surface area contributed by atoms with E-state index >= 15 is 0 Å². The molecule has 0 aromatic carbocycles. The van der Waals surface area contributed by atoms with Crippen molar-refractivity contribution in [2.45, 2.75) is 31.3 Å². The molecule has 21 heavy (non-hydrogen) atoms. The molecule has 9 nitrogen and oxygen atoms in total. The van der Waals surface area contributed by atoms with Crippen molar-refractivity contribution in [2.75, 3.05) is 12.3 Å². The monoisotopic (exact) mass is 321 g/mol. The van der Waals surface area contributed by atoms with Gasteiger partial charge in [0.25, 0.3) is 0 Å². The average Bonchev–Trinajstić information content (AvgIpc) is 2.41. The SMILES string of the molecule is N[C@@H](CCC(=O)N[C@@H](CS)C(=O)NCCC(=O)O)C(=O)O. The molecule has 0 aromatic rings. The smallest absolute Gasteiger partial charge is 0.320 e. The fraction of sp³-hybridized carbons (Fsp3) is 0.636. The molecule has 0 saturated carbocycles. The van der Waals surface area contributed by atoms with E-state index in [2.05, 4.69) is 23.3 Å². The summed E-state index contributed by atoms with van der Waals surface area (Å²) in [6, 6.07) is -2.06. The van der Waals surface area contributed by atoms with Crippen LogP contribution in [-0.2, 0) is 19.2 Å². The fourth-order valence-corrected chi connectivity index (χ4v) is 1.54. The predicted octanol–water partition coefficient (Wildman–Crippen LogP) is -1.82. The number of amides is 2. The molecule has 2 atom stereocenters. The van der Waals surface area contributed by atoms with E-state index in [1.54, 1.807) is 0 Å². The van der Waals surface area contributed by atoms with Gasteiger partial charge in [-0.15, -0.1) is 0 Å². The minimum absolute atomic E-state index is 0.0234. The Morgan fingerprint density at radius 1 is 1.14 bits per heavy atom. The van der Waals surface area contributed by atoms with Gasteiger partial charge in [-0.2, -0.15) is 12.6 Å². The molecule has 0 fully saturated rings. The van der Waals surface area contributed by atoms with Gasteiger partial charge in [-0.3, -0.25) is 19.2 Å². The van der Waals surface area contributed by atoms with E-state index in [9.17, 15) is 19.2 Å². The second-order valence-corrected chi connectivity index (χ2v) is 4.59. The van der Waals surface area contributed by atoms with Crippen LogP contribution in [0.1, 0.15) is 19.3 Å². The number of rotatable bonds is 10. The van der Waals surface area contributed by atoms with Gasteiger partial charge in [-0.25, -0.2) is 0 Å². The summed E-state index contributed by atoms with van der Waals surface area (Å²) in [5.74, 6) is -3.32. The Morgan fingerprint density at radius 2 is 1.76 bits per heavy atom.